The number of hydrogen-bond acceptors (Lipinski definition) is 5. The van der Waals surface area contributed by atoms with Crippen LogP contribution in [0.25, 0.3) is 5.57 Å². The van der Waals surface area contributed by atoms with E-state index >= 15 is 0 Å². The first kappa shape index (κ1) is 17.5. The topological polar surface area (TPSA) is 71.5 Å². The van der Waals surface area contributed by atoms with Gasteiger partial charge in [-0.05, 0) is 36.1 Å². The molecule has 0 saturated heterocycles. The molecule has 25 heavy (non-hydrogen) atoms. The molecule has 8 heteroatoms. The molecule has 0 bridgehead atoms. The summed E-state index contributed by atoms with van der Waals surface area (Å²) in [6.45, 7) is 1.12. The maximum atomic E-state index is 13.1. The third-order valence-electron chi connectivity index (χ3n) is 3.94. The van der Waals surface area contributed by atoms with Gasteiger partial charge in [0.25, 0.3) is 15.9 Å². The predicted octanol–water partition coefficient (Wildman–Crippen LogP) is 3.06. The van der Waals surface area contributed by atoms with E-state index in [1.54, 1.807) is 17.5 Å². The summed E-state index contributed by atoms with van der Waals surface area (Å²) >= 11 is 1.27. The average molecular weight is 379 g/mol. The predicted molar refractivity (Wildman–Crippen MR) is 92.9 cm³/mol. The van der Waals surface area contributed by atoms with Crippen LogP contribution in [0.4, 0.5) is 4.39 Å². The summed E-state index contributed by atoms with van der Waals surface area (Å²) in [4.78, 5) is 25.1. The summed E-state index contributed by atoms with van der Waals surface area (Å²) in [5.41, 5.74) is 0.350. The van der Waals surface area contributed by atoms with Crippen molar-refractivity contribution >= 4 is 38.6 Å². The lowest BCUT2D eigenvalue weighted by Crippen LogP contribution is -2.33. The smallest absolute Gasteiger partial charge is 0.269 e. The number of thiophene rings is 1. The van der Waals surface area contributed by atoms with Crippen molar-refractivity contribution in [3.8, 4) is 0 Å². The van der Waals surface area contributed by atoms with E-state index in [9.17, 15) is 22.4 Å². The SMILES string of the molecule is CC1=C(c2ccc(F)cc2)C(=O)N(CCC(=O)c2cccs2)S1(=O)=O. The van der Waals surface area contributed by atoms with Crippen LogP contribution in [0.2, 0.25) is 0 Å². The standard InChI is InChI=1S/C17H14FNO4S2/c1-11-16(12-4-6-13(18)7-5-12)17(21)19(25(11,22)23)9-8-14(20)15-3-2-10-24-15/h2-7,10H,8-9H2,1H3. The van der Waals surface area contributed by atoms with Crippen LogP contribution >= 0.6 is 11.3 Å². The molecular weight excluding hydrogens is 365 g/mol. The van der Waals surface area contributed by atoms with Crippen LogP contribution in [0, 0.1) is 5.82 Å². The van der Waals surface area contributed by atoms with Gasteiger partial charge >= 0.3 is 0 Å². The highest BCUT2D eigenvalue weighted by Gasteiger charge is 2.41. The fourth-order valence-electron chi connectivity index (χ4n) is 2.61. The molecule has 0 aliphatic carbocycles. The zero-order chi connectivity index (χ0) is 18.2. The van der Waals surface area contributed by atoms with Gasteiger partial charge < -0.3 is 0 Å². The summed E-state index contributed by atoms with van der Waals surface area (Å²) in [6, 6.07) is 8.44. The van der Waals surface area contributed by atoms with Crippen LogP contribution in [0.1, 0.15) is 28.6 Å². The van der Waals surface area contributed by atoms with Crippen molar-refractivity contribution in [3.05, 3.63) is 62.9 Å². The molecule has 1 aliphatic heterocycles. The minimum absolute atomic E-state index is 0.0172. The van der Waals surface area contributed by atoms with E-state index in [0.717, 1.165) is 0 Å². The Hall–Kier alpha value is -2.32. The number of benzene rings is 1. The fourth-order valence-corrected chi connectivity index (χ4v) is 4.74. The van der Waals surface area contributed by atoms with Gasteiger partial charge in [-0.2, -0.15) is 0 Å². The number of hydrogen-bond donors (Lipinski definition) is 0. The second-order valence-corrected chi connectivity index (χ2v) is 8.42. The molecule has 130 valence electrons. The number of amides is 1. The molecule has 0 fully saturated rings. The Morgan fingerprint density at radius 3 is 2.48 bits per heavy atom. The Morgan fingerprint density at radius 1 is 1.20 bits per heavy atom. The Morgan fingerprint density at radius 2 is 1.88 bits per heavy atom. The van der Waals surface area contributed by atoms with E-state index in [4.69, 9.17) is 0 Å². The van der Waals surface area contributed by atoms with Gasteiger partial charge in [0.15, 0.2) is 5.78 Å². The molecule has 1 aliphatic rings. The Labute approximate surface area is 148 Å². The summed E-state index contributed by atoms with van der Waals surface area (Å²) in [5, 5.41) is 1.75. The summed E-state index contributed by atoms with van der Waals surface area (Å²) in [7, 11) is -3.97. The first-order chi connectivity index (χ1) is 11.8. The fraction of sp³-hybridized carbons (Fsp3) is 0.176. The number of carbonyl (C=O) groups is 2. The van der Waals surface area contributed by atoms with Gasteiger partial charge in [0.2, 0.25) is 0 Å². The molecule has 1 aromatic heterocycles. The van der Waals surface area contributed by atoms with E-state index < -0.39 is 21.7 Å². The second kappa shape index (κ2) is 6.53. The lowest BCUT2D eigenvalue weighted by Gasteiger charge is -2.15. The number of allylic oxidation sites excluding steroid dienone is 1. The number of ketones is 1. The Bertz CT molecular complexity index is 961. The summed E-state index contributed by atoms with van der Waals surface area (Å²) in [6.07, 6.45) is -0.0878. The molecule has 0 unspecified atom stereocenters. The molecule has 0 atom stereocenters. The van der Waals surface area contributed by atoms with Gasteiger partial charge in [-0.1, -0.05) is 18.2 Å². The highest BCUT2D eigenvalue weighted by Crippen LogP contribution is 2.34. The van der Waals surface area contributed by atoms with Crippen LogP contribution < -0.4 is 0 Å². The van der Waals surface area contributed by atoms with E-state index in [1.165, 1.54) is 42.5 Å². The van der Waals surface area contributed by atoms with Gasteiger partial charge in [0.1, 0.15) is 5.82 Å². The molecule has 0 radical (unpaired) electrons. The maximum absolute atomic E-state index is 13.1. The van der Waals surface area contributed by atoms with Crippen LogP contribution in [-0.4, -0.2) is 31.0 Å². The third-order valence-corrected chi connectivity index (χ3v) is 6.76. The lowest BCUT2D eigenvalue weighted by atomic mass is 10.0. The molecule has 3 rings (SSSR count). The second-order valence-electron chi connectivity index (χ2n) is 5.47. The summed E-state index contributed by atoms with van der Waals surface area (Å²) in [5.74, 6) is -1.39. The normalized spacial score (nSPS) is 16.6. The maximum Gasteiger partial charge on any atom is 0.269 e. The molecular formula is C17H14FNO4S2. The van der Waals surface area contributed by atoms with Crippen molar-refractivity contribution in [3.63, 3.8) is 0 Å². The number of carbonyl (C=O) groups excluding carboxylic acids is 2. The van der Waals surface area contributed by atoms with Gasteiger partial charge in [0.05, 0.1) is 15.4 Å². The van der Waals surface area contributed by atoms with Crippen molar-refractivity contribution in [2.45, 2.75) is 13.3 Å². The molecule has 0 spiro atoms. The van der Waals surface area contributed by atoms with E-state index in [2.05, 4.69) is 0 Å². The molecule has 2 aromatic rings. The van der Waals surface area contributed by atoms with Crippen LogP contribution in [0.3, 0.4) is 0 Å². The summed E-state index contributed by atoms with van der Waals surface area (Å²) < 4.78 is 38.8. The number of halogens is 1. The molecule has 5 nitrogen and oxygen atoms in total. The first-order valence-electron chi connectivity index (χ1n) is 7.43. The van der Waals surface area contributed by atoms with Crippen molar-refractivity contribution in [1.82, 2.24) is 4.31 Å². The van der Waals surface area contributed by atoms with E-state index in [1.807, 2.05) is 0 Å². The average Bonchev–Trinajstić information content (AvgIpc) is 3.15. The lowest BCUT2D eigenvalue weighted by molar-refractivity contribution is -0.120. The van der Waals surface area contributed by atoms with Crippen molar-refractivity contribution in [1.29, 1.82) is 0 Å². The highest BCUT2D eigenvalue weighted by atomic mass is 32.2. The van der Waals surface area contributed by atoms with E-state index in [-0.39, 0.29) is 29.2 Å². The molecule has 2 heterocycles. The third kappa shape index (κ3) is 3.14. The van der Waals surface area contributed by atoms with Crippen LogP contribution in [0.15, 0.2) is 46.7 Å². The molecule has 0 saturated carbocycles. The zero-order valence-corrected chi connectivity index (χ0v) is 14.9. The first-order valence-corrected chi connectivity index (χ1v) is 9.75. The minimum Gasteiger partial charge on any atom is -0.293 e. The number of sulfonamides is 1. The van der Waals surface area contributed by atoms with E-state index in [0.29, 0.717) is 14.7 Å². The monoisotopic (exact) mass is 379 g/mol. The largest absolute Gasteiger partial charge is 0.293 e. The molecule has 0 N–H and O–H groups in total. The van der Waals surface area contributed by atoms with Gasteiger partial charge in [-0.25, -0.2) is 17.1 Å². The van der Waals surface area contributed by atoms with Gasteiger partial charge in [-0.3, -0.25) is 9.59 Å². The zero-order valence-electron chi connectivity index (χ0n) is 13.2. The molecule has 1 aromatic carbocycles. The molecule has 1 amide bonds. The van der Waals surface area contributed by atoms with Crippen molar-refractivity contribution in [2.75, 3.05) is 6.54 Å². The quantitative estimate of drug-likeness (QED) is 0.749. The number of rotatable bonds is 5. The number of nitrogens with zero attached hydrogens (tertiary/aromatic N) is 1. The minimum atomic E-state index is -3.97. The Kier molecular flexibility index (Phi) is 4.57. The van der Waals surface area contributed by atoms with Gasteiger partial charge in [0, 0.05) is 13.0 Å². The van der Waals surface area contributed by atoms with Crippen LogP contribution in [-0.2, 0) is 14.8 Å². The van der Waals surface area contributed by atoms with Crippen LogP contribution in [0.5, 0.6) is 0 Å². The Balaban J connectivity index is 1.85. The van der Waals surface area contributed by atoms with Gasteiger partial charge in [-0.15, -0.1) is 11.3 Å². The number of Topliss-reactive ketones (excluding diaryl/α,β-unsaturated/α-hetero) is 1. The highest BCUT2D eigenvalue weighted by molar-refractivity contribution is 7.94. The van der Waals surface area contributed by atoms with Crippen molar-refractivity contribution < 1.29 is 22.4 Å². The van der Waals surface area contributed by atoms with Crippen molar-refractivity contribution in [2.24, 2.45) is 0 Å².